The number of nitrogens with one attached hydrogen (secondary N) is 2. The largest absolute Gasteiger partial charge is 0.497 e. The molecule has 21 heavy (non-hydrogen) atoms. The summed E-state index contributed by atoms with van der Waals surface area (Å²) in [6.45, 7) is 4.18. The van der Waals surface area contributed by atoms with Gasteiger partial charge in [0.05, 0.1) is 19.8 Å². The predicted molar refractivity (Wildman–Crippen MR) is 79.8 cm³/mol. The van der Waals surface area contributed by atoms with Crippen LogP contribution in [0.25, 0.3) is 0 Å². The van der Waals surface area contributed by atoms with Crippen molar-refractivity contribution in [2.45, 2.75) is 26.3 Å². The van der Waals surface area contributed by atoms with Gasteiger partial charge in [0.1, 0.15) is 17.5 Å². The Kier molecular flexibility index (Phi) is 6.52. The average molecular weight is 294 g/mol. The molecular weight excluding hydrogens is 272 g/mol. The summed E-state index contributed by atoms with van der Waals surface area (Å²) in [4.78, 5) is 24.0. The molecule has 0 aliphatic rings. The second-order valence-corrected chi connectivity index (χ2v) is 4.55. The molecule has 0 aromatic heterocycles. The van der Waals surface area contributed by atoms with Gasteiger partial charge in [-0.2, -0.15) is 0 Å². The maximum atomic E-state index is 12.3. The highest BCUT2D eigenvalue weighted by Gasteiger charge is 2.19. The number of carbonyl (C=O) groups is 2. The van der Waals surface area contributed by atoms with Gasteiger partial charge < -0.3 is 20.1 Å². The molecular formula is C15H22N2O4. The Labute approximate surface area is 124 Å². The van der Waals surface area contributed by atoms with Crippen LogP contribution in [-0.2, 0) is 4.79 Å². The normalized spacial score (nSPS) is 11.4. The first-order valence-corrected chi connectivity index (χ1v) is 6.84. The average Bonchev–Trinajstić information content (AvgIpc) is 2.51. The van der Waals surface area contributed by atoms with Crippen LogP contribution in [0.4, 0.5) is 0 Å². The maximum absolute atomic E-state index is 12.3. The van der Waals surface area contributed by atoms with Crippen molar-refractivity contribution in [3.05, 3.63) is 23.8 Å². The zero-order chi connectivity index (χ0) is 15.8. The molecule has 0 spiro atoms. The highest BCUT2D eigenvalue weighted by atomic mass is 16.5. The summed E-state index contributed by atoms with van der Waals surface area (Å²) in [5.74, 6) is 0.371. The molecule has 0 radical (unpaired) electrons. The molecule has 0 fully saturated rings. The molecule has 6 heteroatoms. The van der Waals surface area contributed by atoms with E-state index in [0.29, 0.717) is 23.6 Å². The van der Waals surface area contributed by atoms with Crippen LogP contribution < -0.4 is 20.1 Å². The van der Waals surface area contributed by atoms with E-state index in [0.717, 1.165) is 6.42 Å². The third-order valence-electron chi connectivity index (χ3n) is 2.94. The SMILES string of the molecule is CCCNC(=O)[C@H](C)NC(=O)c1cc(OC)ccc1OC. The van der Waals surface area contributed by atoms with Crippen LogP contribution in [0, 0.1) is 0 Å². The Morgan fingerprint density at radius 2 is 1.95 bits per heavy atom. The van der Waals surface area contributed by atoms with E-state index >= 15 is 0 Å². The number of ether oxygens (including phenoxy) is 2. The van der Waals surface area contributed by atoms with Gasteiger partial charge in [0.15, 0.2) is 0 Å². The molecule has 0 bridgehead atoms. The van der Waals surface area contributed by atoms with E-state index in [1.807, 2.05) is 6.92 Å². The molecule has 1 atom stereocenters. The third-order valence-corrected chi connectivity index (χ3v) is 2.94. The Bertz CT molecular complexity index is 502. The molecule has 2 N–H and O–H groups in total. The summed E-state index contributed by atoms with van der Waals surface area (Å²) in [5, 5.41) is 5.37. The van der Waals surface area contributed by atoms with E-state index in [1.54, 1.807) is 25.1 Å². The molecule has 1 rings (SSSR count). The fourth-order valence-corrected chi connectivity index (χ4v) is 1.73. The number of amides is 2. The van der Waals surface area contributed by atoms with Gasteiger partial charge in [-0.15, -0.1) is 0 Å². The van der Waals surface area contributed by atoms with Gasteiger partial charge in [-0.1, -0.05) is 6.92 Å². The molecule has 0 saturated carbocycles. The first-order valence-electron chi connectivity index (χ1n) is 6.84. The van der Waals surface area contributed by atoms with Crippen molar-refractivity contribution in [3.8, 4) is 11.5 Å². The van der Waals surface area contributed by atoms with Crippen molar-refractivity contribution in [2.75, 3.05) is 20.8 Å². The maximum Gasteiger partial charge on any atom is 0.255 e. The zero-order valence-electron chi connectivity index (χ0n) is 12.9. The van der Waals surface area contributed by atoms with Gasteiger partial charge in [-0.3, -0.25) is 9.59 Å². The van der Waals surface area contributed by atoms with Crippen molar-refractivity contribution in [2.24, 2.45) is 0 Å². The van der Waals surface area contributed by atoms with Crippen LogP contribution in [0.3, 0.4) is 0 Å². The molecule has 116 valence electrons. The summed E-state index contributed by atoms with van der Waals surface area (Å²) in [6.07, 6.45) is 0.843. The first-order chi connectivity index (χ1) is 10.0. The van der Waals surface area contributed by atoms with E-state index < -0.39 is 6.04 Å². The smallest absolute Gasteiger partial charge is 0.255 e. The van der Waals surface area contributed by atoms with Gasteiger partial charge in [0.2, 0.25) is 5.91 Å². The van der Waals surface area contributed by atoms with Crippen molar-refractivity contribution in [3.63, 3.8) is 0 Å². The van der Waals surface area contributed by atoms with E-state index in [4.69, 9.17) is 9.47 Å². The number of benzene rings is 1. The van der Waals surface area contributed by atoms with Crippen molar-refractivity contribution in [1.82, 2.24) is 10.6 Å². The van der Waals surface area contributed by atoms with E-state index in [9.17, 15) is 9.59 Å². The number of carbonyl (C=O) groups excluding carboxylic acids is 2. The topological polar surface area (TPSA) is 76.7 Å². The summed E-state index contributed by atoms with van der Waals surface area (Å²) < 4.78 is 10.3. The summed E-state index contributed by atoms with van der Waals surface area (Å²) >= 11 is 0. The number of methoxy groups -OCH3 is 2. The molecule has 1 aromatic rings. The Morgan fingerprint density at radius 1 is 1.24 bits per heavy atom. The molecule has 0 unspecified atom stereocenters. The minimum Gasteiger partial charge on any atom is -0.497 e. The second kappa shape index (κ2) is 8.14. The lowest BCUT2D eigenvalue weighted by Crippen LogP contribution is -2.45. The Hall–Kier alpha value is -2.24. The summed E-state index contributed by atoms with van der Waals surface area (Å²) in [7, 11) is 3.00. The zero-order valence-corrected chi connectivity index (χ0v) is 12.9. The van der Waals surface area contributed by atoms with Crippen LogP contribution in [-0.4, -0.2) is 38.6 Å². The van der Waals surface area contributed by atoms with Gasteiger partial charge in [-0.05, 0) is 31.5 Å². The molecule has 2 amide bonds. The Balaban J connectivity index is 2.81. The number of hydrogen-bond donors (Lipinski definition) is 2. The molecule has 6 nitrogen and oxygen atoms in total. The van der Waals surface area contributed by atoms with Crippen LogP contribution in [0.15, 0.2) is 18.2 Å². The van der Waals surface area contributed by atoms with Gasteiger partial charge in [0.25, 0.3) is 5.91 Å². The lowest BCUT2D eigenvalue weighted by Gasteiger charge is -2.15. The molecule has 0 aliphatic heterocycles. The molecule has 0 saturated heterocycles. The van der Waals surface area contributed by atoms with Crippen LogP contribution in [0.5, 0.6) is 11.5 Å². The highest BCUT2D eigenvalue weighted by molar-refractivity contribution is 5.99. The minimum atomic E-state index is -0.625. The fraction of sp³-hybridized carbons (Fsp3) is 0.467. The lowest BCUT2D eigenvalue weighted by atomic mass is 10.1. The summed E-state index contributed by atoms with van der Waals surface area (Å²) in [6, 6.07) is 4.30. The molecule has 1 aromatic carbocycles. The van der Waals surface area contributed by atoms with Crippen LogP contribution in [0.2, 0.25) is 0 Å². The van der Waals surface area contributed by atoms with E-state index in [1.165, 1.54) is 14.2 Å². The van der Waals surface area contributed by atoms with E-state index in [-0.39, 0.29) is 11.8 Å². The monoisotopic (exact) mass is 294 g/mol. The van der Waals surface area contributed by atoms with Crippen LogP contribution >= 0.6 is 0 Å². The van der Waals surface area contributed by atoms with Gasteiger partial charge >= 0.3 is 0 Å². The van der Waals surface area contributed by atoms with Gasteiger partial charge in [-0.25, -0.2) is 0 Å². The minimum absolute atomic E-state index is 0.216. The lowest BCUT2D eigenvalue weighted by molar-refractivity contribution is -0.122. The standard InChI is InChI=1S/C15H22N2O4/c1-5-8-16-14(18)10(2)17-15(19)12-9-11(20-3)6-7-13(12)21-4/h6-7,9-10H,5,8H2,1-4H3,(H,16,18)(H,17,19)/t10-/m0/s1. The molecule has 0 aliphatic carbocycles. The third kappa shape index (κ3) is 4.66. The fourth-order valence-electron chi connectivity index (χ4n) is 1.73. The van der Waals surface area contributed by atoms with Crippen molar-refractivity contribution < 1.29 is 19.1 Å². The van der Waals surface area contributed by atoms with Crippen molar-refractivity contribution in [1.29, 1.82) is 0 Å². The van der Waals surface area contributed by atoms with E-state index in [2.05, 4.69) is 10.6 Å². The Morgan fingerprint density at radius 3 is 2.52 bits per heavy atom. The van der Waals surface area contributed by atoms with Crippen molar-refractivity contribution >= 4 is 11.8 Å². The quantitative estimate of drug-likeness (QED) is 0.796. The summed E-state index contributed by atoms with van der Waals surface area (Å²) in [5.41, 5.74) is 0.326. The molecule has 0 heterocycles. The van der Waals surface area contributed by atoms with Gasteiger partial charge in [0, 0.05) is 6.54 Å². The second-order valence-electron chi connectivity index (χ2n) is 4.55. The number of rotatable bonds is 7. The number of hydrogen-bond acceptors (Lipinski definition) is 4. The predicted octanol–water partition coefficient (Wildman–Crippen LogP) is 1.35. The highest BCUT2D eigenvalue weighted by Crippen LogP contribution is 2.23. The first kappa shape index (κ1) is 16.8. The van der Waals surface area contributed by atoms with Crippen LogP contribution in [0.1, 0.15) is 30.6 Å².